The average Bonchev–Trinajstić information content (AvgIpc) is 3.07. The molecule has 148 valence electrons. The summed E-state index contributed by atoms with van der Waals surface area (Å²) < 4.78 is 2.38. The Hall–Kier alpha value is -3.04. The quantitative estimate of drug-likeness (QED) is 0.365. The van der Waals surface area contributed by atoms with Crippen LogP contribution in [0.15, 0.2) is 88.8 Å². The van der Waals surface area contributed by atoms with Crippen LogP contribution in [0.2, 0.25) is 0 Å². The van der Waals surface area contributed by atoms with E-state index in [-0.39, 0.29) is 0 Å². The number of aryl methyl sites for hydroxylation is 2. The largest absolute Gasteiger partial charge is 0.338 e. The molecule has 0 atom stereocenters. The molecular formula is C27H25N2S+. The maximum absolute atomic E-state index is 2.38. The van der Waals surface area contributed by atoms with Gasteiger partial charge < -0.3 is 4.90 Å². The fourth-order valence-electron chi connectivity index (χ4n) is 4.28. The van der Waals surface area contributed by atoms with E-state index in [2.05, 4.69) is 115 Å². The highest BCUT2D eigenvalue weighted by molar-refractivity contribution is 8.04. The van der Waals surface area contributed by atoms with Crippen molar-refractivity contribution in [3.63, 3.8) is 0 Å². The fraction of sp³-hybridized carbons (Fsp3) is 0.148. The maximum atomic E-state index is 2.38. The molecule has 0 saturated carbocycles. The highest BCUT2D eigenvalue weighted by Gasteiger charge is 2.24. The Kier molecular flexibility index (Phi) is 4.84. The molecule has 0 bridgehead atoms. The van der Waals surface area contributed by atoms with Gasteiger partial charge in [0.2, 0.25) is 0 Å². The minimum Gasteiger partial charge on any atom is -0.338 e. The third-order valence-corrected chi connectivity index (χ3v) is 6.97. The number of aromatic nitrogens is 1. The van der Waals surface area contributed by atoms with Crippen LogP contribution in [0.5, 0.6) is 0 Å². The summed E-state index contributed by atoms with van der Waals surface area (Å²) in [5.74, 6) is 0. The first-order chi connectivity index (χ1) is 14.6. The van der Waals surface area contributed by atoms with Crippen molar-refractivity contribution in [2.24, 2.45) is 0 Å². The standard InChI is InChI=1S/C27H25N2S/c1-19-15-22(16-20(2)29(19)18-21-9-5-4-6-10-21)17-26-28(3)27-24-12-8-7-11-23(24)13-14-25(27)30-26/h4-17H,18H2,1-3H3/q+1. The van der Waals surface area contributed by atoms with Crippen molar-refractivity contribution in [3.05, 3.63) is 106 Å². The van der Waals surface area contributed by atoms with E-state index >= 15 is 0 Å². The molecule has 1 aliphatic heterocycles. The summed E-state index contributed by atoms with van der Waals surface area (Å²) >= 11 is 1.85. The maximum Gasteiger partial charge on any atom is 0.179 e. The zero-order valence-electron chi connectivity index (χ0n) is 17.6. The van der Waals surface area contributed by atoms with Crippen LogP contribution in [-0.2, 0) is 6.54 Å². The Labute approximate surface area is 182 Å². The van der Waals surface area contributed by atoms with E-state index < -0.39 is 0 Å². The third kappa shape index (κ3) is 3.40. The molecule has 30 heavy (non-hydrogen) atoms. The van der Waals surface area contributed by atoms with Crippen LogP contribution in [0.3, 0.4) is 0 Å². The van der Waals surface area contributed by atoms with Crippen LogP contribution in [0, 0.1) is 13.8 Å². The zero-order valence-corrected chi connectivity index (χ0v) is 18.4. The van der Waals surface area contributed by atoms with Crippen molar-refractivity contribution in [2.75, 3.05) is 11.9 Å². The molecule has 3 heteroatoms. The van der Waals surface area contributed by atoms with E-state index in [0.29, 0.717) is 0 Å². The summed E-state index contributed by atoms with van der Waals surface area (Å²) in [7, 11) is 2.18. The molecule has 0 saturated heterocycles. The molecule has 4 aromatic rings. The van der Waals surface area contributed by atoms with Crippen LogP contribution >= 0.6 is 11.8 Å². The summed E-state index contributed by atoms with van der Waals surface area (Å²) in [5.41, 5.74) is 6.44. The lowest BCUT2D eigenvalue weighted by molar-refractivity contribution is -0.700. The van der Waals surface area contributed by atoms with Gasteiger partial charge in [0.15, 0.2) is 17.9 Å². The molecule has 2 heterocycles. The SMILES string of the molecule is Cc1cc(C=C2Sc3ccc4ccccc4c3N2C)cc(C)[n+]1Cc1ccccc1. The molecule has 0 unspecified atom stereocenters. The van der Waals surface area contributed by atoms with Crippen LogP contribution in [-0.4, -0.2) is 7.05 Å². The molecule has 0 fully saturated rings. The van der Waals surface area contributed by atoms with Gasteiger partial charge in [-0.15, -0.1) is 0 Å². The van der Waals surface area contributed by atoms with Gasteiger partial charge in [0.1, 0.15) is 0 Å². The smallest absolute Gasteiger partial charge is 0.179 e. The predicted octanol–water partition coefficient (Wildman–Crippen LogP) is 6.33. The van der Waals surface area contributed by atoms with Crippen molar-refractivity contribution in [1.82, 2.24) is 0 Å². The molecule has 0 radical (unpaired) electrons. The van der Waals surface area contributed by atoms with Gasteiger partial charge in [-0.3, -0.25) is 0 Å². The van der Waals surface area contributed by atoms with Crippen molar-refractivity contribution in [3.8, 4) is 0 Å². The number of nitrogens with zero attached hydrogens (tertiary/aromatic N) is 2. The average molecular weight is 410 g/mol. The minimum atomic E-state index is 0.904. The highest BCUT2D eigenvalue weighted by atomic mass is 32.2. The second kappa shape index (κ2) is 7.66. The first-order valence-electron chi connectivity index (χ1n) is 10.3. The van der Waals surface area contributed by atoms with Crippen LogP contribution in [0.25, 0.3) is 16.8 Å². The Morgan fingerprint density at radius 2 is 1.57 bits per heavy atom. The van der Waals surface area contributed by atoms with Gasteiger partial charge in [0, 0.05) is 48.9 Å². The minimum absolute atomic E-state index is 0.904. The van der Waals surface area contributed by atoms with Crippen molar-refractivity contribution < 1.29 is 4.57 Å². The van der Waals surface area contributed by atoms with Gasteiger partial charge in [-0.05, 0) is 23.1 Å². The molecule has 1 aromatic heterocycles. The summed E-state index contributed by atoms with van der Waals surface area (Å²) in [6.45, 7) is 5.30. The first kappa shape index (κ1) is 19.0. The van der Waals surface area contributed by atoms with E-state index in [4.69, 9.17) is 0 Å². The topological polar surface area (TPSA) is 7.12 Å². The number of hydrogen-bond acceptors (Lipinski definition) is 2. The number of hydrogen-bond donors (Lipinski definition) is 0. The number of pyridine rings is 1. The third-order valence-electron chi connectivity index (χ3n) is 5.82. The monoisotopic (exact) mass is 409 g/mol. The number of anilines is 1. The lowest BCUT2D eigenvalue weighted by Gasteiger charge is -2.16. The van der Waals surface area contributed by atoms with Gasteiger partial charge in [-0.2, -0.15) is 4.57 Å². The molecule has 2 nitrogen and oxygen atoms in total. The number of fused-ring (bicyclic) bond motifs is 3. The molecule has 5 rings (SSSR count). The van der Waals surface area contributed by atoms with Gasteiger partial charge in [0.25, 0.3) is 0 Å². The molecule has 1 aliphatic rings. The number of rotatable bonds is 3. The fourth-order valence-corrected chi connectivity index (χ4v) is 5.41. The van der Waals surface area contributed by atoms with Gasteiger partial charge in [-0.1, -0.05) is 72.4 Å². The number of thioether (sulfide) groups is 1. The lowest BCUT2D eigenvalue weighted by Crippen LogP contribution is -2.40. The molecule has 0 spiro atoms. The Balaban J connectivity index is 1.48. The summed E-state index contributed by atoms with van der Waals surface area (Å²) in [4.78, 5) is 3.66. The van der Waals surface area contributed by atoms with Crippen LogP contribution in [0.4, 0.5) is 5.69 Å². The summed E-state index contributed by atoms with van der Waals surface area (Å²) in [5, 5.41) is 3.87. The second-order valence-electron chi connectivity index (χ2n) is 7.92. The van der Waals surface area contributed by atoms with Crippen molar-refractivity contribution >= 4 is 34.3 Å². The first-order valence-corrected chi connectivity index (χ1v) is 11.1. The molecule has 3 aromatic carbocycles. The number of benzene rings is 3. The summed E-state index contributed by atoms with van der Waals surface area (Å²) in [6.07, 6.45) is 2.31. The summed E-state index contributed by atoms with van der Waals surface area (Å²) in [6, 6.07) is 28.3. The van der Waals surface area contributed by atoms with E-state index in [1.54, 1.807) is 0 Å². The van der Waals surface area contributed by atoms with Crippen LogP contribution < -0.4 is 9.47 Å². The Morgan fingerprint density at radius 3 is 2.33 bits per heavy atom. The second-order valence-corrected chi connectivity index (χ2v) is 8.98. The zero-order chi connectivity index (χ0) is 20.7. The van der Waals surface area contributed by atoms with Gasteiger partial charge >= 0.3 is 0 Å². The Bertz CT molecular complexity index is 1250. The van der Waals surface area contributed by atoms with E-state index in [9.17, 15) is 0 Å². The Morgan fingerprint density at radius 1 is 0.867 bits per heavy atom. The molecule has 0 N–H and O–H groups in total. The van der Waals surface area contributed by atoms with E-state index in [1.165, 1.54) is 48.9 Å². The van der Waals surface area contributed by atoms with Gasteiger partial charge in [0.05, 0.1) is 10.7 Å². The van der Waals surface area contributed by atoms with Gasteiger partial charge in [-0.25, -0.2) is 0 Å². The highest BCUT2D eigenvalue weighted by Crippen LogP contribution is 2.49. The van der Waals surface area contributed by atoms with Crippen LogP contribution in [0.1, 0.15) is 22.5 Å². The van der Waals surface area contributed by atoms with Crippen molar-refractivity contribution in [2.45, 2.75) is 25.3 Å². The van der Waals surface area contributed by atoms with E-state index in [0.717, 1.165) is 6.54 Å². The van der Waals surface area contributed by atoms with E-state index in [1.807, 2.05) is 11.8 Å². The molecular weight excluding hydrogens is 384 g/mol. The molecule has 0 aliphatic carbocycles. The molecule has 0 amide bonds. The predicted molar refractivity (Wildman–Crippen MR) is 128 cm³/mol. The van der Waals surface area contributed by atoms with Crippen molar-refractivity contribution in [1.29, 1.82) is 0 Å². The lowest BCUT2D eigenvalue weighted by atomic mass is 10.1. The normalized spacial score (nSPS) is 14.5.